The summed E-state index contributed by atoms with van der Waals surface area (Å²) < 4.78 is 6.40. The van der Waals surface area contributed by atoms with Crippen molar-refractivity contribution in [3.05, 3.63) is 53.1 Å². The molecule has 0 bridgehead atoms. The van der Waals surface area contributed by atoms with Crippen LogP contribution in [0.1, 0.15) is 21.5 Å². The first-order chi connectivity index (χ1) is 12.9. The van der Waals surface area contributed by atoms with Crippen LogP contribution in [0.2, 0.25) is 0 Å². The van der Waals surface area contributed by atoms with Crippen LogP contribution in [0, 0.1) is 13.8 Å². The Bertz CT molecular complexity index is 965. The van der Waals surface area contributed by atoms with E-state index in [4.69, 9.17) is 9.72 Å². The molecule has 6 heteroatoms. The molecular formula is C21H25N3O2S. The Balaban J connectivity index is 2.02. The molecule has 1 amide bonds. The Morgan fingerprint density at radius 3 is 2.63 bits per heavy atom. The molecule has 3 aromatic rings. The van der Waals surface area contributed by atoms with Gasteiger partial charge < -0.3 is 9.64 Å². The maximum atomic E-state index is 13.3. The lowest BCUT2D eigenvalue weighted by Crippen LogP contribution is -2.36. The van der Waals surface area contributed by atoms with E-state index in [-0.39, 0.29) is 5.91 Å². The van der Waals surface area contributed by atoms with Gasteiger partial charge in [-0.15, -0.1) is 0 Å². The quantitative estimate of drug-likeness (QED) is 0.642. The van der Waals surface area contributed by atoms with Crippen molar-refractivity contribution in [2.75, 3.05) is 39.2 Å². The second-order valence-electron chi connectivity index (χ2n) is 6.92. The van der Waals surface area contributed by atoms with E-state index in [0.717, 1.165) is 21.9 Å². The van der Waals surface area contributed by atoms with Crippen LogP contribution in [-0.2, 0) is 0 Å². The molecule has 2 aromatic carbocycles. The van der Waals surface area contributed by atoms with Gasteiger partial charge in [0.2, 0.25) is 0 Å². The van der Waals surface area contributed by atoms with Gasteiger partial charge in [0.25, 0.3) is 5.91 Å². The van der Waals surface area contributed by atoms with E-state index in [0.29, 0.717) is 17.9 Å². The molecule has 5 nitrogen and oxygen atoms in total. The molecule has 3 rings (SSSR count). The normalized spacial score (nSPS) is 11.2. The summed E-state index contributed by atoms with van der Waals surface area (Å²) in [6.45, 7) is 5.48. The SMILES string of the molecule is COc1cccc(C(=O)N(CCN(C)C)c2nc3cc(C)cc(C)c3s2)c1. The first-order valence-corrected chi connectivity index (χ1v) is 9.69. The number of methoxy groups -OCH3 is 1. The highest BCUT2D eigenvalue weighted by atomic mass is 32.1. The summed E-state index contributed by atoms with van der Waals surface area (Å²) in [5.74, 6) is 0.605. The van der Waals surface area contributed by atoms with Crippen molar-refractivity contribution in [1.82, 2.24) is 9.88 Å². The van der Waals surface area contributed by atoms with Crippen LogP contribution in [0.5, 0.6) is 5.75 Å². The zero-order valence-corrected chi connectivity index (χ0v) is 17.3. The Morgan fingerprint density at radius 2 is 1.93 bits per heavy atom. The Hall–Kier alpha value is -2.44. The van der Waals surface area contributed by atoms with Crippen LogP contribution in [0.15, 0.2) is 36.4 Å². The number of amides is 1. The van der Waals surface area contributed by atoms with Crippen molar-refractivity contribution in [2.45, 2.75) is 13.8 Å². The Morgan fingerprint density at radius 1 is 1.15 bits per heavy atom. The molecule has 0 aliphatic carbocycles. The van der Waals surface area contributed by atoms with E-state index < -0.39 is 0 Å². The summed E-state index contributed by atoms with van der Waals surface area (Å²) in [7, 11) is 5.60. The Kier molecular flexibility index (Phi) is 5.77. The number of likely N-dealkylation sites (N-methyl/N-ethyl adjacent to an activating group) is 1. The monoisotopic (exact) mass is 383 g/mol. The first-order valence-electron chi connectivity index (χ1n) is 8.87. The smallest absolute Gasteiger partial charge is 0.260 e. The lowest BCUT2D eigenvalue weighted by molar-refractivity contribution is 0.0985. The summed E-state index contributed by atoms with van der Waals surface area (Å²) in [5.41, 5.74) is 3.91. The van der Waals surface area contributed by atoms with Crippen LogP contribution in [0.25, 0.3) is 10.2 Å². The fourth-order valence-electron chi connectivity index (χ4n) is 2.98. The van der Waals surface area contributed by atoms with E-state index in [1.54, 1.807) is 29.4 Å². The first kappa shape index (κ1) is 19.3. The van der Waals surface area contributed by atoms with E-state index >= 15 is 0 Å². The van der Waals surface area contributed by atoms with E-state index in [9.17, 15) is 4.79 Å². The van der Waals surface area contributed by atoms with Gasteiger partial charge in [0, 0.05) is 18.7 Å². The zero-order valence-electron chi connectivity index (χ0n) is 16.4. The van der Waals surface area contributed by atoms with E-state index in [1.165, 1.54) is 11.1 Å². The summed E-state index contributed by atoms with van der Waals surface area (Å²) in [5, 5.41) is 0.730. The van der Waals surface area contributed by atoms with E-state index in [2.05, 4.69) is 30.9 Å². The second-order valence-corrected chi connectivity index (χ2v) is 7.90. The molecule has 0 saturated carbocycles. The minimum absolute atomic E-state index is 0.0656. The maximum Gasteiger partial charge on any atom is 0.260 e. The van der Waals surface area contributed by atoms with Gasteiger partial charge in [-0.1, -0.05) is 23.5 Å². The van der Waals surface area contributed by atoms with Crippen molar-refractivity contribution in [2.24, 2.45) is 0 Å². The Labute approximate surface area is 164 Å². The van der Waals surface area contributed by atoms with Crippen LogP contribution < -0.4 is 9.64 Å². The summed E-state index contributed by atoms with van der Waals surface area (Å²) in [6.07, 6.45) is 0. The van der Waals surface area contributed by atoms with Crippen molar-refractivity contribution in [3.8, 4) is 5.75 Å². The molecule has 1 aromatic heterocycles. The van der Waals surface area contributed by atoms with Crippen molar-refractivity contribution in [3.63, 3.8) is 0 Å². The molecule has 0 unspecified atom stereocenters. The molecule has 0 saturated heterocycles. The highest BCUT2D eigenvalue weighted by Crippen LogP contribution is 2.33. The molecule has 0 atom stereocenters. The second kappa shape index (κ2) is 8.06. The highest BCUT2D eigenvalue weighted by molar-refractivity contribution is 7.22. The standard InChI is InChI=1S/C21H25N3O2S/c1-14-11-15(2)19-18(12-14)22-21(27-19)24(10-9-23(3)4)20(25)16-7-6-8-17(13-16)26-5/h6-8,11-13H,9-10H2,1-5H3. The molecule has 27 heavy (non-hydrogen) atoms. The van der Waals surface area contributed by atoms with Crippen molar-refractivity contribution < 1.29 is 9.53 Å². The number of aromatic nitrogens is 1. The summed E-state index contributed by atoms with van der Waals surface area (Å²) in [6, 6.07) is 11.5. The van der Waals surface area contributed by atoms with Crippen LogP contribution in [0.3, 0.4) is 0 Å². The number of nitrogens with zero attached hydrogens (tertiary/aromatic N) is 3. The van der Waals surface area contributed by atoms with Gasteiger partial charge >= 0.3 is 0 Å². The van der Waals surface area contributed by atoms with Crippen molar-refractivity contribution in [1.29, 1.82) is 0 Å². The van der Waals surface area contributed by atoms with E-state index in [1.807, 2.05) is 32.3 Å². The summed E-state index contributed by atoms with van der Waals surface area (Å²) >= 11 is 1.57. The molecule has 0 fully saturated rings. The molecular weight excluding hydrogens is 358 g/mol. The number of fused-ring (bicyclic) bond motifs is 1. The van der Waals surface area contributed by atoms with Crippen LogP contribution in [0.4, 0.5) is 5.13 Å². The number of hydrogen-bond acceptors (Lipinski definition) is 5. The number of benzene rings is 2. The van der Waals surface area contributed by atoms with Gasteiger partial charge in [0.15, 0.2) is 5.13 Å². The molecule has 1 heterocycles. The number of anilines is 1. The largest absolute Gasteiger partial charge is 0.497 e. The predicted molar refractivity (Wildman–Crippen MR) is 112 cm³/mol. The molecule has 142 valence electrons. The number of carbonyl (C=O) groups is 1. The number of ether oxygens (including phenoxy) is 1. The average Bonchev–Trinajstić information content (AvgIpc) is 3.05. The maximum absolute atomic E-state index is 13.3. The molecule has 0 spiro atoms. The third-order valence-electron chi connectivity index (χ3n) is 4.37. The lowest BCUT2D eigenvalue weighted by atomic mass is 10.1. The number of rotatable bonds is 6. The molecule has 0 aliphatic heterocycles. The third-order valence-corrected chi connectivity index (χ3v) is 5.60. The van der Waals surface area contributed by atoms with Gasteiger partial charge in [0.1, 0.15) is 5.75 Å². The average molecular weight is 384 g/mol. The zero-order chi connectivity index (χ0) is 19.6. The van der Waals surface area contributed by atoms with Crippen LogP contribution >= 0.6 is 11.3 Å². The predicted octanol–water partition coefficient (Wildman–Crippen LogP) is 4.13. The lowest BCUT2D eigenvalue weighted by Gasteiger charge is -2.22. The van der Waals surface area contributed by atoms with Gasteiger partial charge in [0.05, 0.1) is 17.3 Å². The highest BCUT2D eigenvalue weighted by Gasteiger charge is 2.22. The molecule has 0 radical (unpaired) electrons. The number of aryl methyl sites for hydroxylation is 2. The number of carbonyl (C=O) groups excluding carboxylic acids is 1. The van der Waals surface area contributed by atoms with Gasteiger partial charge in [-0.2, -0.15) is 0 Å². The molecule has 0 aliphatic rings. The topological polar surface area (TPSA) is 45.7 Å². The fraction of sp³-hybridized carbons (Fsp3) is 0.333. The fourth-order valence-corrected chi connectivity index (χ4v) is 4.02. The third kappa shape index (κ3) is 4.28. The van der Waals surface area contributed by atoms with Crippen LogP contribution in [-0.4, -0.2) is 50.1 Å². The number of thiazole rings is 1. The minimum Gasteiger partial charge on any atom is -0.497 e. The molecule has 0 N–H and O–H groups in total. The van der Waals surface area contributed by atoms with Gasteiger partial charge in [-0.05, 0) is 63.3 Å². The van der Waals surface area contributed by atoms with Crippen molar-refractivity contribution >= 4 is 32.6 Å². The number of hydrogen-bond donors (Lipinski definition) is 0. The van der Waals surface area contributed by atoms with Gasteiger partial charge in [-0.3, -0.25) is 9.69 Å². The van der Waals surface area contributed by atoms with Gasteiger partial charge in [-0.25, -0.2) is 4.98 Å². The summed E-state index contributed by atoms with van der Waals surface area (Å²) in [4.78, 5) is 21.9. The minimum atomic E-state index is -0.0656.